The standard InChI is InChI=1S/C28H32N4O9S.ClH/c1-10-22(33)14(29)7-17(40-10)41-16-9-28(38,11(2)31-32-27(30)42)8-13-19(16)26(37)21-20(24(13)35)23(34)12-5-4-6-15(39-3)18(12)25(21)36;/h4-6,10,14,16-17,22,33,35,37-38H,7-9,29H2,1-3H3,(H3,30,32,42);1H. The average Bonchev–Trinajstić information content (AvgIpc) is 2.94. The summed E-state index contributed by atoms with van der Waals surface area (Å²) in [4.78, 5) is 27.4. The minimum Gasteiger partial charge on any atom is -0.507 e. The van der Waals surface area contributed by atoms with Crippen LogP contribution < -0.4 is 21.6 Å². The largest absolute Gasteiger partial charge is 0.507 e. The van der Waals surface area contributed by atoms with E-state index in [9.17, 15) is 30.0 Å². The molecule has 1 aliphatic heterocycles. The number of phenols is 2. The number of ether oxygens (including phenoxy) is 3. The third-order valence-electron chi connectivity index (χ3n) is 8.15. The van der Waals surface area contributed by atoms with Crippen LogP contribution >= 0.6 is 24.6 Å². The Bertz CT molecular complexity index is 1520. The molecule has 6 atom stereocenters. The van der Waals surface area contributed by atoms with Crippen LogP contribution in [0.4, 0.5) is 0 Å². The molecule has 43 heavy (non-hydrogen) atoms. The molecular formula is C28H33ClN4O9S. The van der Waals surface area contributed by atoms with E-state index in [-0.39, 0.29) is 70.5 Å². The molecule has 2 aromatic rings. The maximum absolute atomic E-state index is 13.8. The number of methoxy groups -OCH3 is 1. The third-order valence-corrected chi connectivity index (χ3v) is 8.24. The van der Waals surface area contributed by atoms with E-state index in [1.807, 2.05) is 0 Å². The van der Waals surface area contributed by atoms with Crippen molar-refractivity contribution in [3.8, 4) is 17.2 Å². The SMILES string of the molecule is COc1cccc2c1C(=O)c1c(O)c3c(c(O)c1C2=O)CC(O)(C(C)=NNC(N)=S)CC3OC1CC(N)C(O)C(C)O1.Cl. The zero-order chi connectivity index (χ0) is 30.7. The van der Waals surface area contributed by atoms with Crippen LogP contribution in [0, 0.1) is 0 Å². The fourth-order valence-electron chi connectivity index (χ4n) is 5.91. The minimum absolute atomic E-state index is 0. The molecule has 0 amide bonds. The number of aliphatic hydroxyl groups is 2. The lowest BCUT2D eigenvalue weighted by Crippen LogP contribution is -2.52. The van der Waals surface area contributed by atoms with Gasteiger partial charge in [0.05, 0.1) is 47.8 Å². The Morgan fingerprint density at radius 2 is 1.86 bits per heavy atom. The topological polar surface area (TPSA) is 219 Å². The molecule has 1 fully saturated rings. The van der Waals surface area contributed by atoms with Gasteiger partial charge in [-0.05, 0) is 32.1 Å². The smallest absolute Gasteiger partial charge is 0.202 e. The molecule has 0 aromatic heterocycles. The number of rotatable bonds is 5. The van der Waals surface area contributed by atoms with Crippen molar-refractivity contribution >= 4 is 47.0 Å². The maximum Gasteiger partial charge on any atom is 0.202 e. The molecule has 5 rings (SSSR count). The molecule has 9 N–H and O–H groups in total. The van der Waals surface area contributed by atoms with Gasteiger partial charge in [-0.1, -0.05) is 12.1 Å². The molecule has 1 saturated heterocycles. The first-order valence-electron chi connectivity index (χ1n) is 13.2. The van der Waals surface area contributed by atoms with Gasteiger partial charge in [-0.15, -0.1) is 12.4 Å². The molecule has 2 aliphatic carbocycles. The molecule has 0 bridgehead atoms. The van der Waals surface area contributed by atoms with Crippen molar-refractivity contribution in [1.82, 2.24) is 5.43 Å². The number of aliphatic hydroxyl groups excluding tert-OH is 1. The molecule has 0 spiro atoms. The second-order valence-corrected chi connectivity index (χ2v) is 11.2. The molecule has 0 saturated carbocycles. The molecule has 13 nitrogen and oxygen atoms in total. The highest BCUT2D eigenvalue weighted by molar-refractivity contribution is 7.80. The Morgan fingerprint density at radius 1 is 1.19 bits per heavy atom. The Balaban J connectivity index is 0.00000423. The summed E-state index contributed by atoms with van der Waals surface area (Å²) in [7, 11) is 1.35. The fraction of sp³-hybridized carbons (Fsp3) is 0.429. The lowest BCUT2D eigenvalue weighted by atomic mass is 9.72. The predicted molar refractivity (Wildman–Crippen MR) is 160 cm³/mol. The van der Waals surface area contributed by atoms with E-state index in [2.05, 4.69) is 10.5 Å². The number of thiocarbonyl (C=S) groups is 1. The van der Waals surface area contributed by atoms with E-state index < -0.39 is 70.4 Å². The van der Waals surface area contributed by atoms with Crippen LogP contribution in [-0.2, 0) is 15.9 Å². The number of nitrogens with zero attached hydrogens (tertiary/aromatic N) is 1. The van der Waals surface area contributed by atoms with Crippen LogP contribution in [0.25, 0.3) is 0 Å². The zero-order valence-electron chi connectivity index (χ0n) is 23.5. The van der Waals surface area contributed by atoms with Crippen LogP contribution in [0.5, 0.6) is 17.2 Å². The first kappa shape index (κ1) is 32.5. The number of carbonyl (C=O) groups is 2. The summed E-state index contributed by atoms with van der Waals surface area (Å²) in [5.74, 6) is -2.46. The maximum atomic E-state index is 13.8. The van der Waals surface area contributed by atoms with Crippen molar-refractivity contribution in [2.24, 2.45) is 16.6 Å². The van der Waals surface area contributed by atoms with Gasteiger partial charge in [0.25, 0.3) is 0 Å². The summed E-state index contributed by atoms with van der Waals surface area (Å²) in [5, 5.41) is 49.2. The highest BCUT2D eigenvalue weighted by Crippen LogP contribution is 2.52. The van der Waals surface area contributed by atoms with Crippen molar-refractivity contribution in [2.75, 3.05) is 7.11 Å². The average molecular weight is 637 g/mol. The number of benzene rings is 2. The summed E-state index contributed by atoms with van der Waals surface area (Å²) < 4.78 is 17.3. The van der Waals surface area contributed by atoms with Gasteiger partial charge >= 0.3 is 0 Å². The van der Waals surface area contributed by atoms with E-state index in [1.165, 1.54) is 32.2 Å². The van der Waals surface area contributed by atoms with Crippen molar-refractivity contribution < 1.29 is 44.2 Å². The number of hydrogen-bond donors (Lipinski definition) is 7. The van der Waals surface area contributed by atoms with Gasteiger partial charge in [0.15, 0.2) is 17.2 Å². The zero-order valence-corrected chi connectivity index (χ0v) is 25.1. The van der Waals surface area contributed by atoms with Gasteiger partial charge in [0, 0.05) is 42.0 Å². The summed E-state index contributed by atoms with van der Waals surface area (Å²) in [6.45, 7) is 3.13. The van der Waals surface area contributed by atoms with Gasteiger partial charge in [0.2, 0.25) is 5.78 Å². The first-order valence-corrected chi connectivity index (χ1v) is 13.6. The van der Waals surface area contributed by atoms with Crippen molar-refractivity contribution in [3.63, 3.8) is 0 Å². The summed E-state index contributed by atoms with van der Waals surface area (Å²) in [6.07, 6.45) is -4.25. The second-order valence-electron chi connectivity index (χ2n) is 10.8. The Kier molecular flexibility index (Phi) is 9.05. The number of nitrogens with one attached hydrogen (secondary N) is 1. The van der Waals surface area contributed by atoms with Gasteiger partial charge in [-0.2, -0.15) is 5.10 Å². The van der Waals surface area contributed by atoms with Crippen molar-refractivity contribution in [1.29, 1.82) is 0 Å². The molecule has 0 radical (unpaired) electrons. The Labute approximate surface area is 258 Å². The van der Waals surface area contributed by atoms with Crippen LogP contribution in [0.1, 0.15) is 75.8 Å². The number of halogens is 1. The van der Waals surface area contributed by atoms with E-state index in [4.69, 9.17) is 37.9 Å². The molecule has 6 unspecified atom stereocenters. The van der Waals surface area contributed by atoms with Gasteiger partial charge in [-0.25, -0.2) is 0 Å². The Morgan fingerprint density at radius 3 is 2.49 bits per heavy atom. The first-order chi connectivity index (χ1) is 19.8. The van der Waals surface area contributed by atoms with Crippen molar-refractivity contribution in [2.45, 2.75) is 69.4 Å². The number of ketones is 2. The predicted octanol–water partition coefficient (Wildman–Crippen LogP) is 1.07. The van der Waals surface area contributed by atoms with Crippen LogP contribution in [0.2, 0.25) is 0 Å². The fourth-order valence-corrected chi connectivity index (χ4v) is 5.95. The van der Waals surface area contributed by atoms with Crippen molar-refractivity contribution in [3.05, 3.63) is 51.6 Å². The lowest BCUT2D eigenvalue weighted by Gasteiger charge is -2.42. The quantitative estimate of drug-likeness (QED) is 0.0903. The monoisotopic (exact) mass is 636 g/mol. The number of hydrazone groups is 1. The number of fused-ring (bicyclic) bond motifs is 3. The van der Waals surface area contributed by atoms with Crippen LogP contribution in [0.3, 0.4) is 0 Å². The lowest BCUT2D eigenvalue weighted by molar-refractivity contribution is -0.245. The highest BCUT2D eigenvalue weighted by Gasteiger charge is 2.49. The number of aromatic hydroxyl groups is 2. The third kappa shape index (κ3) is 5.44. The van der Waals surface area contributed by atoms with E-state index in [0.29, 0.717) is 0 Å². The summed E-state index contributed by atoms with van der Waals surface area (Å²) >= 11 is 4.81. The van der Waals surface area contributed by atoms with Crippen LogP contribution in [0.15, 0.2) is 23.3 Å². The molecule has 232 valence electrons. The van der Waals surface area contributed by atoms with Crippen LogP contribution in [-0.4, -0.2) is 80.1 Å². The number of phenolic OH excluding ortho intramolecular Hbond substituents is 2. The molecule has 15 heteroatoms. The van der Waals surface area contributed by atoms with E-state index in [0.717, 1.165) is 0 Å². The Hall–Kier alpha value is -3.37. The minimum atomic E-state index is -1.79. The van der Waals surface area contributed by atoms with Gasteiger partial charge in [0.1, 0.15) is 22.8 Å². The van der Waals surface area contributed by atoms with Gasteiger partial charge < -0.3 is 46.1 Å². The summed E-state index contributed by atoms with van der Waals surface area (Å²) in [5.41, 5.74) is 11.5. The molecular weight excluding hydrogens is 604 g/mol. The number of hydrogen-bond acceptors (Lipinski definition) is 12. The van der Waals surface area contributed by atoms with E-state index in [1.54, 1.807) is 6.92 Å². The second kappa shape index (κ2) is 12.0. The molecule has 1 heterocycles. The van der Waals surface area contributed by atoms with Gasteiger partial charge in [-0.3, -0.25) is 15.0 Å². The molecule has 3 aliphatic rings. The highest BCUT2D eigenvalue weighted by atomic mass is 35.5. The normalized spacial score (nSPS) is 28.2. The molecule has 2 aromatic carbocycles. The van der Waals surface area contributed by atoms with E-state index >= 15 is 0 Å². The number of nitrogens with two attached hydrogens (primary N) is 2. The summed E-state index contributed by atoms with van der Waals surface area (Å²) in [6, 6.07) is 3.79. The number of carbonyl (C=O) groups excluding carboxylic acids is 2.